The molecule has 0 saturated carbocycles. The van der Waals surface area contributed by atoms with E-state index in [4.69, 9.17) is 0 Å². The molecule has 0 unspecified atom stereocenters. The van der Waals surface area contributed by atoms with Gasteiger partial charge in [0.2, 0.25) is 5.91 Å². The van der Waals surface area contributed by atoms with Gasteiger partial charge in [0.1, 0.15) is 5.82 Å². The third-order valence-electron chi connectivity index (χ3n) is 2.53. The lowest BCUT2D eigenvalue weighted by Crippen LogP contribution is -2.17. The van der Waals surface area contributed by atoms with Crippen LogP contribution in [0.5, 0.6) is 0 Å². The van der Waals surface area contributed by atoms with Crippen molar-refractivity contribution in [3.05, 3.63) is 24.0 Å². The molecule has 3 N–H and O–H groups in total. The second kappa shape index (κ2) is 7.74. The Bertz CT molecular complexity index is 421. The zero-order chi connectivity index (χ0) is 14.3. The second-order valence-corrected chi connectivity index (χ2v) is 4.74. The van der Waals surface area contributed by atoms with Gasteiger partial charge < -0.3 is 16.0 Å². The third kappa shape index (κ3) is 5.70. The van der Waals surface area contributed by atoms with Gasteiger partial charge in [-0.05, 0) is 52.1 Å². The highest BCUT2D eigenvalue weighted by molar-refractivity contribution is 5.94. The van der Waals surface area contributed by atoms with E-state index in [-0.39, 0.29) is 17.8 Å². The Morgan fingerprint density at radius 2 is 2.05 bits per heavy atom. The van der Waals surface area contributed by atoms with Gasteiger partial charge in [-0.3, -0.25) is 4.79 Å². The summed E-state index contributed by atoms with van der Waals surface area (Å²) in [6.07, 6.45) is 1.17. The van der Waals surface area contributed by atoms with E-state index in [0.717, 1.165) is 18.7 Å². The van der Waals surface area contributed by atoms with Crippen LogP contribution in [-0.4, -0.2) is 25.5 Å². The summed E-state index contributed by atoms with van der Waals surface area (Å²) in [5.41, 5.74) is 1.22. The summed E-state index contributed by atoms with van der Waals surface area (Å²) in [5.74, 6) is -0.465. The maximum atomic E-state index is 13.3. The van der Waals surface area contributed by atoms with Crippen molar-refractivity contribution in [1.29, 1.82) is 0 Å². The number of halogens is 1. The molecule has 0 aliphatic carbocycles. The Hall–Kier alpha value is -1.62. The number of hydrogen-bond donors (Lipinski definition) is 3. The molecule has 0 bridgehead atoms. The molecule has 19 heavy (non-hydrogen) atoms. The molecule has 0 atom stereocenters. The molecule has 106 valence electrons. The molecule has 1 aromatic rings. The van der Waals surface area contributed by atoms with Crippen molar-refractivity contribution in [2.75, 3.05) is 24.2 Å². The van der Waals surface area contributed by atoms with Gasteiger partial charge in [0, 0.05) is 12.5 Å². The summed E-state index contributed by atoms with van der Waals surface area (Å²) in [6.45, 7) is 4.76. The first-order valence-corrected chi connectivity index (χ1v) is 6.53. The first-order chi connectivity index (χ1) is 9.02. The topological polar surface area (TPSA) is 53.2 Å². The summed E-state index contributed by atoms with van der Waals surface area (Å²) in [5, 5.41) is 8.91. The van der Waals surface area contributed by atoms with E-state index in [1.54, 1.807) is 6.07 Å². The molecule has 1 amide bonds. The number of anilines is 2. The number of benzene rings is 1. The van der Waals surface area contributed by atoms with E-state index in [1.165, 1.54) is 12.1 Å². The first kappa shape index (κ1) is 15.4. The van der Waals surface area contributed by atoms with Crippen LogP contribution in [0.2, 0.25) is 0 Å². The van der Waals surface area contributed by atoms with Gasteiger partial charge in [0.05, 0.1) is 11.4 Å². The van der Waals surface area contributed by atoms with Crippen LogP contribution in [-0.2, 0) is 4.79 Å². The maximum absolute atomic E-state index is 13.3. The summed E-state index contributed by atoms with van der Waals surface area (Å²) in [6, 6.07) is 4.56. The van der Waals surface area contributed by atoms with Crippen LogP contribution in [0.25, 0.3) is 0 Å². The number of amides is 1. The van der Waals surface area contributed by atoms with Crippen molar-refractivity contribution in [1.82, 2.24) is 5.32 Å². The molecule has 0 aromatic heterocycles. The van der Waals surface area contributed by atoms with Gasteiger partial charge in [0.15, 0.2) is 0 Å². The van der Waals surface area contributed by atoms with Crippen LogP contribution >= 0.6 is 0 Å². The Kier molecular flexibility index (Phi) is 6.29. The third-order valence-corrected chi connectivity index (χ3v) is 2.53. The molecule has 0 radical (unpaired) electrons. The summed E-state index contributed by atoms with van der Waals surface area (Å²) >= 11 is 0. The van der Waals surface area contributed by atoms with Crippen molar-refractivity contribution in [2.45, 2.75) is 32.7 Å². The SMILES string of the molecule is CNCCCC(=O)Nc1cc(F)ccc1NC(C)C. The van der Waals surface area contributed by atoms with E-state index in [1.807, 2.05) is 20.9 Å². The zero-order valence-corrected chi connectivity index (χ0v) is 11.7. The highest BCUT2D eigenvalue weighted by atomic mass is 19.1. The maximum Gasteiger partial charge on any atom is 0.224 e. The highest BCUT2D eigenvalue weighted by Gasteiger charge is 2.09. The fraction of sp³-hybridized carbons (Fsp3) is 0.500. The standard InChI is InChI=1S/C14H22FN3O/c1-10(2)17-12-7-6-11(15)9-13(12)18-14(19)5-4-8-16-3/h6-7,9-10,16-17H,4-5,8H2,1-3H3,(H,18,19). The van der Waals surface area contributed by atoms with Gasteiger partial charge in [-0.2, -0.15) is 0 Å². The van der Waals surface area contributed by atoms with Crippen LogP contribution in [0.1, 0.15) is 26.7 Å². The molecule has 1 rings (SSSR count). The average Bonchev–Trinajstić information content (AvgIpc) is 2.32. The van der Waals surface area contributed by atoms with Gasteiger partial charge in [-0.1, -0.05) is 0 Å². The minimum Gasteiger partial charge on any atom is -0.381 e. The summed E-state index contributed by atoms with van der Waals surface area (Å²) in [7, 11) is 1.84. The van der Waals surface area contributed by atoms with Crippen LogP contribution in [0.15, 0.2) is 18.2 Å². The predicted octanol–water partition coefficient (Wildman–Crippen LogP) is 2.58. The van der Waals surface area contributed by atoms with Gasteiger partial charge in [0.25, 0.3) is 0 Å². The lowest BCUT2D eigenvalue weighted by Gasteiger charge is -2.15. The lowest BCUT2D eigenvalue weighted by molar-refractivity contribution is -0.116. The fourth-order valence-electron chi connectivity index (χ4n) is 1.70. The molecular weight excluding hydrogens is 245 g/mol. The zero-order valence-electron chi connectivity index (χ0n) is 11.7. The molecular formula is C14H22FN3O. The lowest BCUT2D eigenvalue weighted by atomic mass is 10.2. The summed E-state index contributed by atoms with van der Waals surface area (Å²) in [4.78, 5) is 11.7. The molecule has 0 heterocycles. The number of rotatable bonds is 7. The Morgan fingerprint density at radius 3 is 2.68 bits per heavy atom. The van der Waals surface area contributed by atoms with Crippen LogP contribution in [0.3, 0.4) is 0 Å². The van der Waals surface area contributed by atoms with Crippen LogP contribution < -0.4 is 16.0 Å². The Labute approximate surface area is 113 Å². The second-order valence-electron chi connectivity index (χ2n) is 4.74. The predicted molar refractivity (Wildman–Crippen MR) is 76.9 cm³/mol. The molecule has 4 nitrogen and oxygen atoms in total. The summed E-state index contributed by atoms with van der Waals surface area (Å²) < 4.78 is 13.3. The van der Waals surface area contributed by atoms with E-state index in [0.29, 0.717) is 12.1 Å². The van der Waals surface area contributed by atoms with Gasteiger partial charge in [-0.15, -0.1) is 0 Å². The van der Waals surface area contributed by atoms with E-state index in [2.05, 4.69) is 16.0 Å². The van der Waals surface area contributed by atoms with Crippen molar-refractivity contribution in [2.24, 2.45) is 0 Å². The molecule has 5 heteroatoms. The minimum atomic E-state index is -0.361. The monoisotopic (exact) mass is 267 g/mol. The van der Waals surface area contributed by atoms with Crippen molar-refractivity contribution < 1.29 is 9.18 Å². The average molecular weight is 267 g/mol. The largest absolute Gasteiger partial charge is 0.381 e. The van der Waals surface area contributed by atoms with Crippen molar-refractivity contribution in [3.8, 4) is 0 Å². The Balaban J connectivity index is 2.69. The smallest absolute Gasteiger partial charge is 0.224 e. The van der Waals surface area contributed by atoms with Crippen LogP contribution in [0, 0.1) is 5.82 Å². The molecule has 0 saturated heterocycles. The molecule has 0 aliphatic rings. The van der Waals surface area contributed by atoms with Gasteiger partial charge in [-0.25, -0.2) is 4.39 Å². The first-order valence-electron chi connectivity index (χ1n) is 6.53. The fourth-order valence-corrected chi connectivity index (χ4v) is 1.70. The van der Waals surface area contributed by atoms with E-state index < -0.39 is 0 Å². The van der Waals surface area contributed by atoms with E-state index in [9.17, 15) is 9.18 Å². The number of carbonyl (C=O) groups is 1. The van der Waals surface area contributed by atoms with E-state index >= 15 is 0 Å². The minimum absolute atomic E-state index is 0.104. The quantitative estimate of drug-likeness (QED) is 0.666. The molecule has 1 aromatic carbocycles. The van der Waals surface area contributed by atoms with Crippen LogP contribution in [0.4, 0.5) is 15.8 Å². The normalized spacial score (nSPS) is 10.6. The number of nitrogens with one attached hydrogen (secondary N) is 3. The Morgan fingerprint density at radius 1 is 1.32 bits per heavy atom. The van der Waals surface area contributed by atoms with Gasteiger partial charge >= 0.3 is 0 Å². The van der Waals surface area contributed by atoms with Crippen molar-refractivity contribution >= 4 is 17.3 Å². The number of hydrogen-bond acceptors (Lipinski definition) is 3. The molecule has 0 spiro atoms. The molecule has 0 aliphatic heterocycles. The number of carbonyl (C=O) groups excluding carboxylic acids is 1. The molecule has 0 fully saturated rings. The van der Waals surface area contributed by atoms with Crippen molar-refractivity contribution in [3.63, 3.8) is 0 Å². The highest BCUT2D eigenvalue weighted by Crippen LogP contribution is 2.23.